The summed E-state index contributed by atoms with van der Waals surface area (Å²) >= 11 is 3.17. The van der Waals surface area contributed by atoms with Crippen LogP contribution in [0.3, 0.4) is 0 Å². The van der Waals surface area contributed by atoms with E-state index in [-0.39, 0.29) is 5.91 Å². The summed E-state index contributed by atoms with van der Waals surface area (Å²) in [5.41, 5.74) is 0. The lowest BCUT2D eigenvalue weighted by Gasteiger charge is -1.92. The second-order valence-corrected chi connectivity index (χ2v) is 3.15. The molecule has 0 atom stereocenters. The van der Waals surface area contributed by atoms with Gasteiger partial charge in [0.2, 0.25) is 5.91 Å². The molecule has 0 radical (unpaired) electrons. The summed E-state index contributed by atoms with van der Waals surface area (Å²) in [6.45, 7) is 2.50. The third-order valence-electron chi connectivity index (χ3n) is 1.34. The first-order valence-corrected chi connectivity index (χ1v) is 4.73. The Bertz CT molecular complexity index is 317. The molecule has 3 nitrogen and oxygen atoms in total. The van der Waals surface area contributed by atoms with E-state index in [1.165, 1.54) is 6.08 Å². The molecule has 0 aliphatic rings. The second-order valence-electron chi connectivity index (χ2n) is 2.37. The lowest BCUT2D eigenvalue weighted by atomic mass is 10.4. The van der Waals surface area contributed by atoms with E-state index in [1.807, 2.05) is 6.92 Å². The van der Waals surface area contributed by atoms with Crippen molar-refractivity contribution in [2.45, 2.75) is 6.92 Å². The largest absolute Gasteiger partial charge is 0.450 e. The van der Waals surface area contributed by atoms with Gasteiger partial charge in [0.25, 0.3) is 0 Å². The lowest BCUT2D eigenvalue weighted by Crippen LogP contribution is -2.19. The van der Waals surface area contributed by atoms with Crippen molar-refractivity contribution in [3.05, 3.63) is 28.6 Å². The number of hydrogen-bond acceptors (Lipinski definition) is 2. The molecule has 0 aliphatic carbocycles. The van der Waals surface area contributed by atoms with Gasteiger partial charge in [-0.2, -0.15) is 0 Å². The molecule has 0 spiro atoms. The van der Waals surface area contributed by atoms with E-state index in [2.05, 4.69) is 21.2 Å². The van der Waals surface area contributed by atoms with Crippen LogP contribution < -0.4 is 5.32 Å². The molecule has 1 amide bonds. The molecule has 4 heteroatoms. The van der Waals surface area contributed by atoms with E-state index < -0.39 is 0 Å². The number of halogens is 1. The molecule has 1 N–H and O–H groups in total. The maximum Gasteiger partial charge on any atom is 0.244 e. The van der Waals surface area contributed by atoms with Crippen molar-refractivity contribution in [2.24, 2.45) is 0 Å². The van der Waals surface area contributed by atoms with E-state index in [0.29, 0.717) is 17.0 Å². The van der Waals surface area contributed by atoms with Gasteiger partial charge in [0.05, 0.1) is 0 Å². The van der Waals surface area contributed by atoms with Gasteiger partial charge in [0, 0.05) is 12.6 Å². The molecule has 0 unspecified atom stereocenters. The zero-order valence-electron chi connectivity index (χ0n) is 7.21. The molecule has 1 rings (SSSR count). The van der Waals surface area contributed by atoms with Crippen LogP contribution in [-0.2, 0) is 4.79 Å². The molecule has 0 aliphatic heterocycles. The predicted molar refractivity (Wildman–Crippen MR) is 54.1 cm³/mol. The molecule has 1 aromatic heterocycles. The van der Waals surface area contributed by atoms with Gasteiger partial charge in [0.1, 0.15) is 5.76 Å². The molecular weight excluding hydrogens is 234 g/mol. The van der Waals surface area contributed by atoms with Gasteiger partial charge in [-0.15, -0.1) is 0 Å². The highest BCUT2D eigenvalue weighted by atomic mass is 79.9. The molecule has 0 fully saturated rings. The number of amides is 1. The Morgan fingerprint density at radius 1 is 1.69 bits per heavy atom. The molecule has 0 bridgehead atoms. The van der Waals surface area contributed by atoms with E-state index in [1.54, 1.807) is 18.2 Å². The van der Waals surface area contributed by atoms with Gasteiger partial charge in [-0.05, 0) is 41.1 Å². The van der Waals surface area contributed by atoms with Crippen molar-refractivity contribution in [1.82, 2.24) is 5.32 Å². The number of furan rings is 1. The lowest BCUT2D eigenvalue weighted by molar-refractivity contribution is -0.116. The van der Waals surface area contributed by atoms with Crippen LogP contribution in [-0.4, -0.2) is 12.5 Å². The van der Waals surface area contributed by atoms with Crippen LogP contribution in [0.2, 0.25) is 0 Å². The fraction of sp³-hybridized carbons (Fsp3) is 0.222. The fourth-order valence-corrected chi connectivity index (χ4v) is 1.13. The van der Waals surface area contributed by atoms with Crippen LogP contribution in [0.1, 0.15) is 12.7 Å². The summed E-state index contributed by atoms with van der Waals surface area (Å²) in [6.07, 6.45) is 3.06. The maximum atomic E-state index is 11.0. The Balaban J connectivity index is 2.53. The third-order valence-corrected chi connectivity index (χ3v) is 1.77. The molecule has 0 saturated carbocycles. The Kier molecular flexibility index (Phi) is 3.76. The van der Waals surface area contributed by atoms with Crippen molar-refractivity contribution in [1.29, 1.82) is 0 Å². The number of hydrogen-bond donors (Lipinski definition) is 1. The highest BCUT2D eigenvalue weighted by Gasteiger charge is 1.95. The van der Waals surface area contributed by atoms with E-state index in [0.717, 1.165) is 0 Å². The van der Waals surface area contributed by atoms with Gasteiger partial charge in [-0.1, -0.05) is 0 Å². The van der Waals surface area contributed by atoms with E-state index in [4.69, 9.17) is 4.42 Å². The summed E-state index contributed by atoms with van der Waals surface area (Å²) in [5, 5.41) is 2.64. The first-order chi connectivity index (χ1) is 6.22. The minimum Gasteiger partial charge on any atom is -0.450 e. The zero-order chi connectivity index (χ0) is 9.68. The highest BCUT2D eigenvalue weighted by Crippen LogP contribution is 2.14. The first kappa shape index (κ1) is 10.1. The summed E-state index contributed by atoms with van der Waals surface area (Å²) in [6, 6.07) is 3.55. The van der Waals surface area contributed by atoms with Gasteiger partial charge in [-0.25, -0.2) is 0 Å². The molecular formula is C9H10BrNO2. The SMILES string of the molecule is CCNC(=O)/C=C/c1ccc(Br)o1. The molecule has 0 saturated heterocycles. The first-order valence-electron chi connectivity index (χ1n) is 3.93. The molecule has 1 heterocycles. The van der Waals surface area contributed by atoms with Gasteiger partial charge in [-0.3, -0.25) is 4.79 Å². The van der Waals surface area contributed by atoms with Gasteiger partial charge in [0.15, 0.2) is 4.67 Å². The van der Waals surface area contributed by atoms with E-state index >= 15 is 0 Å². The number of carbonyl (C=O) groups is 1. The summed E-state index contributed by atoms with van der Waals surface area (Å²) < 4.78 is 5.82. The monoisotopic (exact) mass is 243 g/mol. The molecule has 0 aromatic carbocycles. The summed E-state index contributed by atoms with van der Waals surface area (Å²) in [4.78, 5) is 11.0. The molecule has 1 aromatic rings. The quantitative estimate of drug-likeness (QED) is 0.828. The number of carbonyl (C=O) groups excluding carboxylic acids is 1. The van der Waals surface area contributed by atoms with Crippen LogP contribution in [0.25, 0.3) is 6.08 Å². The molecule has 70 valence electrons. The standard InChI is InChI=1S/C9H10BrNO2/c1-2-11-9(12)6-4-7-3-5-8(10)13-7/h3-6H,2H2,1H3,(H,11,12)/b6-4+. The zero-order valence-corrected chi connectivity index (χ0v) is 8.80. The average Bonchev–Trinajstić information content (AvgIpc) is 2.49. The average molecular weight is 244 g/mol. The van der Waals surface area contributed by atoms with Crippen molar-refractivity contribution >= 4 is 27.9 Å². The van der Waals surface area contributed by atoms with Crippen LogP contribution in [0, 0.1) is 0 Å². The van der Waals surface area contributed by atoms with Crippen LogP contribution >= 0.6 is 15.9 Å². The van der Waals surface area contributed by atoms with Crippen LogP contribution in [0.4, 0.5) is 0 Å². The van der Waals surface area contributed by atoms with Crippen LogP contribution in [0.15, 0.2) is 27.3 Å². The second kappa shape index (κ2) is 4.87. The minimum atomic E-state index is -0.116. The Morgan fingerprint density at radius 2 is 2.46 bits per heavy atom. The van der Waals surface area contributed by atoms with E-state index in [9.17, 15) is 4.79 Å². The van der Waals surface area contributed by atoms with Crippen molar-refractivity contribution < 1.29 is 9.21 Å². The van der Waals surface area contributed by atoms with Gasteiger partial charge >= 0.3 is 0 Å². The van der Waals surface area contributed by atoms with Gasteiger partial charge < -0.3 is 9.73 Å². The third kappa shape index (κ3) is 3.46. The normalized spacial score (nSPS) is 10.6. The van der Waals surface area contributed by atoms with Crippen molar-refractivity contribution in [2.75, 3.05) is 6.54 Å². The van der Waals surface area contributed by atoms with Crippen molar-refractivity contribution in [3.8, 4) is 0 Å². The van der Waals surface area contributed by atoms with Crippen LogP contribution in [0.5, 0.6) is 0 Å². The maximum absolute atomic E-state index is 11.0. The number of rotatable bonds is 3. The fourth-order valence-electron chi connectivity index (χ4n) is 0.809. The minimum absolute atomic E-state index is 0.116. The highest BCUT2D eigenvalue weighted by molar-refractivity contribution is 9.10. The Labute approximate surface area is 84.9 Å². The predicted octanol–water partition coefficient (Wildman–Crippen LogP) is 2.19. The smallest absolute Gasteiger partial charge is 0.244 e. The molecule has 13 heavy (non-hydrogen) atoms. The Morgan fingerprint density at radius 3 is 3.00 bits per heavy atom. The number of nitrogens with one attached hydrogen (secondary N) is 1. The topological polar surface area (TPSA) is 42.2 Å². The Hall–Kier alpha value is -1.03. The number of likely N-dealkylation sites (N-methyl/N-ethyl adjacent to an activating group) is 1. The summed E-state index contributed by atoms with van der Waals surface area (Å²) in [7, 11) is 0. The summed E-state index contributed by atoms with van der Waals surface area (Å²) in [5.74, 6) is 0.535. The van der Waals surface area contributed by atoms with Crippen molar-refractivity contribution in [3.63, 3.8) is 0 Å².